The Labute approximate surface area is 184 Å². The molecule has 0 saturated heterocycles. The van der Waals surface area contributed by atoms with Gasteiger partial charge in [0.2, 0.25) is 0 Å². The van der Waals surface area contributed by atoms with Crippen molar-refractivity contribution in [3.05, 3.63) is 75.1 Å². The lowest BCUT2D eigenvalue weighted by Crippen LogP contribution is -2.15. The average Bonchev–Trinajstić information content (AvgIpc) is 3.10. The van der Waals surface area contributed by atoms with Crippen LogP contribution in [0.1, 0.15) is 38.3 Å². The topological polar surface area (TPSA) is 83.1 Å². The molecule has 0 aliphatic heterocycles. The van der Waals surface area contributed by atoms with Crippen molar-refractivity contribution in [2.45, 2.75) is 44.3 Å². The molecule has 0 fully saturated rings. The lowest BCUT2D eigenvalue weighted by atomic mass is 10.2. The second kappa shape index (κ2) is 9.95. The van der Waals surface area contributed by atoms with Crippen LogP contribution in [0.25, 0.3) is 0 Å². The summed E-state index contributed by atoms with van der Waals surface area (Å²) in [6.45, 7) is 6.94. The number of nitrogens with zero attached hydrogens (tertiary/aromatic N) is 4. The van der Waals surface area contributed by atoms with Gasteiger partial charge in [-0.25, -0.2) is 0 Å². The van der Waals surface area contributed by atoms with Crippen LogP contribution in [0.2, 0.25) is 5.02 Å². The monoisotopic (exact) mass is 446 g/mol. The maximum Gasteiger partial charge on any atom is 0.269 e. The Kier molecular flexibility index (Phi) is 7.33. The van der Waals surface area contributed by atoms with E-state index in [2.05, 4.69) is 28.6 Å². The van der Waals surface area contributed by atoms with E-state index >= 15 is 0 Å². The fourth-order valence-electron chi connectivity index (χ4n) is 2.89. The maximum absolute atomic E-state index is 10.8. The van der Waals surface area contributed by atoms with Gasteiger partial charge in [0.1, 0.15) is 5.75 Å². The number of hydrogen-bond donors (Lipinski definition) is 0. The average molecular weight is 447 g/mol. The number of rotatable bonds is 9. The number of halogens is 1. The molecule has 30 heavy (non-hydrogen) atoms. The summed E-state index contributed by atoms with van der Waals surface area (Å²) in [7, 11) is 0. The Bertz CT molecular complexity index is 1010. The highest BCUT2D eigenvalue weighted by atomic mass is 35.5. The highest BCUT2D eigenvalue weighted by Crippen LogP contribution is 2.30. The molecule has 0 radical (unpaired) electrons. The molecule has 0 N–H and O–H groups in total. The predicted molar refractivity (Wildman–Crippen MR) is 118 cm³/mol. The highest BCUT2D eigenvalue weighted by molar-refractivity contribution is 7.98. The quantitative estimate of drug-likeness (QED) is 0.230. The summed E-state index contributed by atoms with van der Waals surface area (Å²) < 4.78 is 8.11. The molecule has 0 aliphatic rings. The van der Waals surface area contributed by atoms with Crippen LogP contribution in [0.3, 0.4) is 0 Å². The molecule has 0 bridgehead atoms. The third kappa shape index (κ3) is 5.52. The van der Waals surface area contributed by atoms with E-state index < -0.39 is 4.92 Å². The molecule has 1 aromatic heterocycles. The molecule has 1 heterocycles. The normalized spacial score (nSPS) is 12.2. The summed E-state index contributed by atoms with van der Waals surface area (Å²) in [4.78, 5) is 10.4. The fraction of sp³-hybridized carbons (Fsp3) is 0.333. The molecule has 7 nitrogen and oxygen atoms in total. The highest BCUT2D eigenvalue weighted by Gasteiger charge is 2.21. The number of nitro groups is 1. The summed E-state index contributed by atoms with van der Waals surface area (Å²) >= 11 is 7.76. The number of aromatic nitrogens is 3. The van der Waals surface area contributed by atoms with Gasteiger partial charge in [-0.1, -0.05) is 61.5 Å². The van der Waals surface area contributed by atoms with Crippen LogP contribution >= 0.6 is 23.4 Å². The van der Waals surface area contributed by atoms with Crippen molar-refractivity contribution in [2.24, 2.45) is 5.92 Å². The molecule has 3 aromatic rings. The van der Waals surface area contributed by atoms with Gasteiger partial charge in [0.05, 0.1) is 9.95 Å². The van der Waals surface area contributed by atoms with Crippen molar-refractivity contribution in [3.63, 3.8) is 0 Å². The summed E-state index contributed by atoms with van der Waals surface area (Å²) in [6.07, 6.45) is -0.329. The first-order chi connectivity index (χ1) is 14.3. The zero-order valence-corrected chi connectivity index (χ0v) is 18.6. The summed E-state index contributed by atoms with van der Waals surface area (Å²) in [5, 5.41) is 20.9. The first kappa shape index (κ1) is 22.1. The third-order valence-electron chi connectivity index (χ3n) is 4.31. The lowest BCUT2D eigenvalue weighted by Gasteiger charge is -2.18. The van der Waals surface area contributed by atoms with Crippen molar-refractivity contribution < 1.29 is 9.66 Å². The number of non-ortho nitro benzene ring substituents is 1. The minimum Gasteiger partial charge on any atom is -0.481 e. The Hall–Kier alpha value is -2.58. The smallest absolute Gasteiger partial charge is 0.269 e. The van der Waals surface area contributed by atoms with Crippen LogP contribution in [-0.4, -0.2) is 19.7 Å². The molecule has 158 valence electrons. The minimum absolute atomic E-state index is 0.0829. The van der Waals surface area contributed by atoms with E-state index in [0.717, 1.165) is 23.1 Å². The fourth-order valence-corrected chi connectivity index (χ4v) is 3.98. The molecular weight excluding hydrogens is 424 g/mol. The van der Waals surface area contributed by atoms with Gasteiger partial charge in [0, 0.05) is 24.4 Å². The van der Waals surface area contributed by atoms with E-state index in [1.165, 1.54) is 12.1 Å². The number of hydrogen-bond acceptors (Lipinski definition) is 6. The molecule has 1 unspecified atom stereocenters. The van der Waals surface area contributed by atoms with Crippen molar-refractivity contribution >= 4 is 29.1 Å². The van der Waals surface area contributed by atoms with E-state index in [-0.39, 0.29) is 11.8 Å². The molecule has 1 atom stereocenters. The molecule has 0 amide bonds. The van der Waals surface area contributed by atoms with E-state index in [9.17, 15) is 10.1 Å². The van der Waals surface area contributed by atoms with Crippen LogP contribution in [0.4, 0.5) is 5.69 Å². The standard InChI is InChI=1S/C21H23ClN4O3S/c1-14(2)12-25-20(15(3)29-19-7-5-4-6-18(19)22)23-24-21(25)30-13-16-8-10-17(11-9-16)26(27)28/h4-11,14-15H,12-13H2,1-3H3. The number of nitro benzene ring substituents is 1. The molecule has 0 aliphatic carbocycles. The zero-order valence-electron chi connectivity index (χ0n) is 17.0. The van der Waals surface area contributed by atoms with E-state index in [1.54, 1.807) is 30.0 Å². The van der Waals surface area contributed by atoms with Gasteiger partial charge < -0.3 is 9.30 Å². The van der Waals surface area contributed by atoms with Gasteiger partial charge in [-0.15, -0.1) is 10.2 Å². The number of benzene rings is 2. The van der Waals surface area contributed by atoms with Crippen LogP contribution in [-0.2, 0) is 12.3 Å². The van der Waals surface area contributed by atoms with Gasteiger partial charge in [-0.2, -0.15) is 0 Å². The second-order valence-electron chi connectivity index (χ2n) is 7.25. The van der Waals surface area contributed by atoms with Crippen LogP contribution in [0.15, 0.2) is 53.7 Å². The van der Waals surface area contributed by atoms with Gasteiger partial charge in [-0.3, -0.25) is 10.1 Å². The van der Waals surface area contributed by atoms with Crippen molar-refractivity contribution in [2.75, 3.05) is 0 Å². The Balaban J connectivity index is 1.77. The first-order valence-electron chi connectivity index (χ1n) is 9.55. The van der Waals surface area contributed by atoms with Crippen LogP contribution in [0, 0.1) is 16.0 Å². The Morgan fingerprint density at radius 1 is 1.13 bits per heavy atom. The molecular formula is C21H23ClN4O3S. The van der Waals surface area contributed by atoms with Gasteiger partial charge in [0.15, 0.2) is 17.1 Å². The minimum atomic E-state index is -0.400. The maximum atomic E-state index is 10.8. The van der Waals surface area contributed by atoms with E-state index in [4.69, 9.17) is 16.3 Å². The zero-order chi connectivity index (χ0) is 21.7. The van der Waals surface area contributed by atoms with E-state index in [0.29, 0.717) is 22.4 Å². The Morgan fingerprint density at radius 2 is 1.83 bits per heavy atom. The molecule has 3 rings (SSSR count). The van der Waals surface area contributed by atoms with E-state index in [1.807, 2.05) is 25.1 Å². The first-order valence-corrected chi connectivity index (χ1v) is 10.9. The van der Waals surface area contributed by atoms with Gasteiger partial charge in [-0.05, 0) is 30.5 Å². The summed E-state index contributed by atoms with van der Waals surface area (Å²) in [6, 6.07) is 13.9. The second-order valence-corrected chi connectivity index (χ2v) is 8.60. The Morgan fingerprint density at radius 3 is 2.47 bits per heavy atom. The van der Waals surface area contributed by atoms with Crippen molar-refractivity contribution in [3.8, 4) is 5.75 Å². The lowest BCUT2D eigenvalue weighted by molar-refractivity contribution is -0.384. The SMILES string of the molecule is CC(C)Cn1c(SCc2ccc([N+](=O)[O-])cc2)nnc1C(C)Oc1ccccc1Cl. The molecule has 0 saturated carbocycles. The van der Waals surface area contributed by atoms with Crippen molar-refractivity contribution in [1.82, 2.24) is 14.8 Å². The summed E-state index contributed by atoms with van der Waals surface area (Å²) in [5.41, 5.74) is 1.06. The number of para-hydroxylation sites is 1. The van der Waals surface area contributed by atoms with Crippen molar-refractivity contribution in [1.29, 1.82) is 0 Å². The summed E-state index contributed by atoms with van der Waals surface area (Å²) in [5.74, 6) is 2.36. The number of ether oxygens (including phenoxy) is 1. The molecule has 0 spiro atoms. The largest absolute Gasteiger partial charge is 0.481 e. The van der Waals surface area contributed by atoms with Crippen LogP contribution in [0.5, 0.6) is 5.75 Å². The number of thioether (sulfide) groups is 1. The van der Waals surface area contributed by atoms with Crippen LogP contribution < -0.4 is 4.74 Å². The van der Waals surface area contributed by atoms with Gasteiger partial charge >= 0.3 is 0 Å². The van der Waals surface area contributed by atoms with Gasteiger partial charge in [0.25, 0.3) is 5.69 Å². The molecule has 2 aromatic carbocycles. The molecule has 9 heteroatoms. The third-order valence-corrected chi connectivity index (χ3v) is 5.66. The predicted octanol–water partition coefficient (Wildman–Crippen LogP) is 5.93.